The number of carbonyl (C=O) groups excluding carboxylic acids is 4. The molecule has 0 aromatic heterocycles. The van der Waals surface area contributed by atoms with Gasteiger partial charge in [0.05, 0.1) is 29.7 Å². The molecular weight excluding hydrogens is 506 g/mol. The fourth-order valence-electron chi connectivity index (χ4n) is 2.56. The lowest BCUT2D eigenvalue weighted by atomic mass is 10.2. The largest absolute Gasteiger partial charge is 0.490 e. The summed E-state index contributed by atoms with van der Waals surface area (Å²) in [5.41, 5.74) is 0.557. The van der Waals surface area contributed by atoms with Crippen molar-refractivity contribution in [1.82, 2.24) is 4.90 Å². The topological polar surface area (TPSA) is 108 Å². The molecule has 2 rings (SSSR count). The van der Waals surface area contributed by atoms with E-state index >= 15 is 0 Å². The van der Waals surface area contributed by atoms with Gasteiger partial charge in [-0.15, -0.1) is 0 Å². The minimum atomic E-state index is -0.629. The second kappa shape index (κ2) is 12.5. The number of methoxy groups -OCH3 is 1. The normalized spacial score (nSPS) is 14.6. The highest BCUT2D eigenvalue weighted by Crippen LogP contribution is 2.39. The minimum Gasteiger partial charge on any atom is -0.490 e. The first-order valence-corrected chi connectivity index (χ1v) is 11.5. The average Bonchev–Trinajstić information content (AvgIpc) is 3.00. The number of nitrogens with zero attached hydrogens (tertiary/aromatic N) is 1. The van der Waals surface area contributed by atoms with Gasteiger partial charge in [-0.25, -0.2) is 4.79 Å². The smallest absolute Gasteiger partial charge is 0.343 e. The van der Waals surface area contributed by atoms with Gasteiger partial charge < -0.3 is 18.9 Å². The number of esters is 2. The molecule has 174 valence electrons. The third kappa shape index (κ3) is 6.99. The Labute approximate surface area is 198 Å². The summed E-state index contributed by atoms with van der Waals surface area (Å²) in [5.74, 6) is -1.11. The number of rotatable bonds is 11. The molecule has 1 fully saturated rings. The van der Waals surface area contributed by atoms with Crippen molar-refractivity contribution in [2.75, 3.05) is 33.5 Å². The van der Waals surface area contributed by atoms with E-state index in [0.29, 0.717) is 34.6 Å². The number of hydrogen-bond acceptors (Lipinski definition) is 9. The minimum absolute atomic E-state index is 0.161. The molecular formula is C21H24BrNO8S. The Kier molecular flexibility index (Phi) is 10.0. The molecule has 0 bridgehead atoms. The molecule has 11 heteroatoms. The standard InChI is InChI=1S/C21H24BrNO8S/c1-4-6-7-30-17(24)11-23-20(26)16(32-21(23)27)10-13-8-14(22)19(15(9-13)29-5-2)31-12-18(25)28-3/h8-10H,4-7,11-12H2,1-3H3/b16-10-. The van der Waals surface area contributed by atoms with E-state index in [0.717, 1.165) is 23.1 Å². The zero-order valence-electron chi connectivity index (χ0n) is 18.0. The molecule has 0 radical (unpaired) electrons. The van der Waals surface area contributed by atoms with E-state index in [9.17, 15) is 19.2 Å². The van der Waals surface area contributed by atoms with Crippen LogP contribution in [0.25, 0.3) is 6.08 Å². The molecule has 0 N–H and O–H groups in total. The molecule has 1 aliphatic heterocycles. The molecule has 0 spiro atoms. The summed E-state index contributed by atoms with van der Waals surface area (Å²) in [6.45, 7) is 3.60. The Hall–Kier alpha value is -2.53. The third-order valence-electron chi connectivity index (χ3n) is 4.11. The summed E-state index contributed by atoms with van der Waals surface area (Å²) in [5, 5.41) is -0.546. The van der Waals surface area contributed by atoms with Gasteiger partial charge in [0.1, 0.15) is 6.54 Å². The Balaban J connectivity index is 2.20. The van der Waals surface area contributed by atoms with Crippen molar-refractivity contribution < 1.29 is 38.1 Å². The van der Waals surface area contributed by atoms with Crippen molar-refractivity contribution in [2.45, 2.75) is 26.7 Å². The molecule has 1 heterocycles. The molecule has 9 nitrogen and oxygen atoms in total. The van der Waals surface area contributed by atoms with E-state index in [-0.39, 0.29) is 18.1 Å². The quantitative estimate of drug-likeness (QED) is 0.240. The van der Waals surface area contributed by atoms with Crippen LogP contribution in [0.3, 0.4) is 0 Å². The summed E-state index contributed by atoms with van der Waals surface area (Å²) in [4.78, 5) is 49.2. The van der Waals surface area contributed by atoms with Crippen molar-refractivity contribution >= 4 is 56.9 Å². The van der Waals surface area contributed by atoms with Crippen molar-refractivity contribution in [2.24, 2.45) is 0 Å². The third-order valence-corrected chi connectivity index (χ3v) is 5.61. The van der Waals surface area contributed by atoms with Gasteiger partial charge in [-0.05, 0) is 64.8 Å². The van der Waals surface area contributed by atoms with Gasteiger partial charge >= 0.3 is 11.9 Å². The maximum atomic E-state index is 12.6. The van der Waals surface area contributed by atoms with Crippen LogP contribution >= 0.6 is 27.7 Å². The first kappa shape index (κ1) is 25.7. The van der Waals surface area contributed by atoms with Crippen LogP contribution in [-0.4, -0.2) is 61.5 Å². The van der Waals surface area contributed by atoms with Crippen LogP contribution in [0.4, 0.5) is 4.79 Å². The number of amides is 2. The first-order chi connectivity index (χ1) is 15.3. The number of hydrogen-bond donors (Lipinski definition) is 0. The molecule has 32 heavy (non-hydrogen) atoms. The number of imide groups is 1. The molecule has 2 amide bonds. The number of ether oxygens (including phenoxy) is 4. The van der Waals surface area contributed by atoms with E-state index in [1.54, 1.807) is 19.1 Å². The van der Waals surface area contributed by atoms with Gasteiger partial charge in [0.25, 0.3) is 11.1 Å². The maximum absolute atomic E-state index is 12.6. The first-order valence-electron chi connectivity index (χ1n) is 9.87. The van der Waals surface area contributed by atoms with Crippen LogP contribution in [0.5, 0.6) is 11.5 Å². The average molecular weight is 530 g/mol. The van der Waals surface area contributed by atoms with Gasteiger partial charge in [-0.1, -0.05) is 13.3 Å². The highest BCUT2D eigenvalue weighted by Gasteiger charge is 2.36. The molecule has 0 aliphatic carbocycles. The Morgan fingerprint density at radius 1 is 1.16 bits per heavy atom. The second-order valence-corrected chi connectivity index (χ2v) is 8.32. The lowest BCUT2D eigenvalue weighted by Gasteiger charge is -2.14. The molecule has 1 aromatic rings. The lowest BCUT2D eigenvalue weighted by molar-refractivity contribution is -0.146. The summed E-state index contributed by atoms with van der Waals surface area (Å²) in [7, 11) is 1.26. The van der Waals surface area contributed by atoms with Crippen molar-refractivity contribution in [3.05, 3.63) is 27.1 Å². The van der Waals surface area contributed by atoms with Crippen molar-refractivity contribution in [3.8, 4) is 11.5 Å². The van der Waals surface area contributed by atoms with E-state index in [4.69, 9.17) is 14.2 Å². The van der Waals surface area contributed by atoms with Crippen LogP contribution in [0.2, 0.25) is 0 Å². The number of halogens is 1. The van der Waals surface area contributed by atoms with Crippen LogP contribution in [0, 0.1) is 0 Å². The monoisotopic (exact) mass is 529 g/mol. The number of benzene rings is 1. The molecule has 0 unspecified atom stereocenters. The Morgan fingerprint density at radius 3 is 2.56 bits per heavy atom. The van der Waals surface area contributed by atoms with E-state index < -0.39 is 29.6 Å². The predicted octanol–water partition coefficient (Wildman–Crippen LogP) is 3.78. The summed E-state index contributed by atoms with van der Waals surface area (Å²) < 4.78 is 21.2. The van der Waals surface area contributed by atoms with Gasteiger partial charge in [0, 0.05) is 0 Å². The Morgan fingerprint density at radius 2 is 1.91 bits per heavy atom. The van der Waals surface area contributed by atoms with E-state index in [2.05, 4.69) is 20.7 Å². The number of thioether (sulfide) groups is 1. The predicted molar refractivity (Wildman–Crippen MR) is 121 cm³/mol. The fourth-order valence-corrected chi connectivity index (χ4v) is 3.97. The van der Waals surface area contributed by atoms with Crippen LogP contribution in [-0.2, 0) is 23.9 Å². The zero-order valence-corrected chi connectivity index (χ0v) is 20.4. The van der Waals surface area contributed by atoms with E-state index in [1.165, 1.54) is 13.2 Å². The fraction of sp³-hybridized carbons (Fsp3) is 0.429. The molecule has 1 saturated heterocycles. The van der Waals surface area contributed by atoms with Crippen molar-refractivity contribution in [1.29, 1.82) is 0 Å². The number of unbranched alkanes of at least 4 members (excludes halogenated alkanes) is 1. The Bertz CT molecular complexity index is 917. The zero-order chi connectivity index (χ0) is 23.7. The number of carbonyl (C=O) groups is 4. The van der Waals surface area contributed by atoms with Gasteiger partial charge in [-0.2, -0.15) is 0 Å². The van der Waals surface area contributed by atoms with Crippen LogP contribution < -0.4 is 9.47 Å². The van der Waals surface area contributed by atoms with Crippen LogP contribution in [0.15, 0.2) is 21.5 Å². The second-order valence-electron chi connectivity index (χ2n) is 6.47. The van der Waals surface area contributed by atoms with Gasteiger partial charge in [0.2, 0.25) is 0 Å². The highest BCUT2D eigenvalue weighted by molar-refractivity contribution is 9.10. The lowest BCUT2D eigenvalue weighted by Crippen LogP contribution is -2.34. The summed E-state index contributed by atoms with van der Waals surface area (Å²) in [6.07, 6.45) is 3.10. The van der Waals surface area contributed by atoms with Gasteiger partial charge in [0.15, 0.2) is 18.1 Å². The molecule has 0 atom stereocenters. The molecule has 1 aromatic carbocycles. The SMILES string of the molecule is CCCCOC(=O)CN1C(=O)S/C(=C\c2cc(Br)c(OCC(=O)OC)c(OCC)c2)C1=O. The van der Waals surface area contributed by atoms with Crippen LogP contribution in [0.1, 0.15) is 32.3 Å². The summed E-state index contributed by atoms with van der Waals surface area (Å²) >= 11 is 4.11. The van der Waals surface area contributed by atoms with Crippen molar-refractivity contribution in [3.63, 3.8) is 0 Å². The van der Waals surface area contributed by atoms with E-state index in [1.807, 2.05) is 6.92 Å². The molecule has 0 saturated carbocycles. The highest BCUT2D eigenvalue weighted by atomic mass is 79.9. The maximum Gasteiger partial charge on any atom is 0.343 e. The summed E-state index contributed by atoms with van der Waals surface area (Å²) in [6, 6.07) is 3.27. The van der Waals surface area contributed by atoms with Gasteiger partial charge in [-0.3, -0.25) is 19.3 Å². The molecule has 1 aliphatic rings.